The smallest absolute Gasteiger partial charge is 0.259 e. The van der Waals surface area contributed by atoms with Gasteiger partial charge in [0.1, 0.15) is 17.3 Å². The third kappa shape index (κ3) is 3.51. The largest absolute Gasteiger partial charge is 0.466 e. The fourth-order valence-electron chi connectivity index (χ4n) is 3.43. The third-order valence-electron chi connectivity index (χ3n) is 4.84. The molecular weight excluding hydrogens is 373 g/mol. The Morgan fingerprint density at radius 1 is 1.14 bits per heavy atom. The van der Waals surface area contributed by atoms with Crippen molar-refractivity contribution in [2.24, 2.45) is 0 Å². The summed E-state index contributed by atoms with van der Waals surface area (Å²) in [6.07, 6.45) is 0. The van der Waals surface area contributed by atoms with Crippen molar-refractivity contribution in [1.82, 2.24) is 15.0 Å². The van der Waals surface area contributed by atoms with Crippen molar-refractivity contribution in [3.63, 3.8) is 0 Å². The van der Waals surface area contributed by atoms with Gasteiger partial charge in [0.25, 0.3) is 11.6 Å². The summed E-state index contributed by atoms with van der Waals surface area (Å²) >= 11 is 0. The van der Waals surface area contributed by atoms with Crippen molar-refractivity contribution in [1.29, 1.82) is 0 Å². The van der Waals surface area contributed by atoms with Crippen LogP contribution in [0.25, 0.3) is 22.4 Å². The van der Waals surface area contributed by atoms with E-state index in [1.54, 1.807) is 37.1 Å². The lowest BCUT2D eigenvalue weighted by Gasteiger charge is -2.18. The molecule has 0 aliphatic rings. The minimum atomic E-state index is -0.311. The van der Waals surface area contributed by atoms with Gasteiger partial charge in [-0.15, -0.1) is 0 Å². The average molecular weight is 393 g/mol. The van der Waals surface area contributed by atoms with Crippen LogP contribution in [0.5, 0.6) is 0 Å². The van der Waals surface area contributed by atoms with Crippen molar-refractivity contribution in [2.75, 3.05) is 7.05 Å². The summed E-state index contributed by atoms with van der Waals surface area (Å²) in [6, 6.07) is 9.70. The van der Waals surface area contributed by atoms with E-state index in [9.17, 15) is 9.18 Å². The second-order valence-corrected chi connectivity index (χ2v) is 7.12. The van der Waals surface area contributed by atoms with Gasteiger partial charge in [0.05, 0.1) is 22.3 Å². The van der Waals surface area contributed by atoms with Crippen molar-refractivity contribution in [2.45, 2.75) is 27.3 Å². The van der Waals surface area contributed by atoms with Crippen LogP contribution in [0.1, 0.15) is 33.1 Å². The molecule has 0 saturated heterocycles. The van der Waals surface area contributed by atoms with Gasteiger partial charge < -0.3 is 13.8 Å². The molecule has 4 aromatic rings. The molecule has 0 atom stereocenters. The molecular formula is C22H20FN3O3. The molecule has 0 spiro atoms. The average Bonchev–Trinajstić information content (AvgIpc) is 3.23. The van der Waals surface area contributed by atoms with Crippen LogP contribution in [0, 0.1) is 26.6 Å². The number of nitrogens with zero attached hydrogens (tertiary/aromatic N) is 3. The molecule has 0 unspecified atom stereocenters. The van der Waals surface area contributed by atoms with Gasteiger partial charge in [-0.2, -0.15) is 0 Å². The number of halogens is 1. The van der Waals surface area contributed by atoms with Crippen LogP contribution >= 0.6 is 0 Å². The van der Waals surface area contributed by atoms with Crippen molar-refractivity contribution >= 4 is 17.0 Å². The number of pyridine rings is 1. The predicted octanol–water partition coefficient (Wildman–Crippen LogP) is 4.82. The van der Waals surface area contributed by atoms with Crippen molar-refractivity contribution in [3.05, 3.63) is 70.6 Å². The molecule has 7 heteroatoms. The van der Waals surface area contributed by atoms with E-state index in [0.717, 1.165) is 16.9 Å². The first-order chi connectivity index (χ1) is 13.8. The van der Waals surface area contributed by atoms with Gasteiger partial charge in [0, 0.05) is 19.2 Å². The van der Waals surface area contributed by atoms with Gasteiger partial charge in [-0.05, 0) is 50.6 Å². The lowest BCUT2D eigenvalue weighted by molar-refractivity contribution is 0.0787. The Hall–Kier alpha value is -3.48. The van der Waals surface area contributed by atoms with E-state index in [0.29, 0.717) is 40.4 Å². The van der Waals surface area contributed by atoms with E-state index < -0.39 is 0 Å². The monoisotopic (exact) mass is 393 g/mol. The highest BCUT2D eigenvalue weighted by atomic mass is 19.1. The number of hydrogen-bond donors (Lipinski definition) is 0. The van der Waals surface area contributed by atoms with Gasteiger partial charge in [0.15, 0.2) is 0 Å². The fraction of sp³-hybridized carbons (Fsp3) is 0.227. The molecule has 0 N–H and O–H groups in total. The molecule has 0 fully saturated rings. The molecule has 0 bridgehead atoms. The lowest BCUT2D eigenvalue weighted by atomic mass is 10.0. The minimum absolute atomic E-state index is 0.202. The van der Waals surface area contributed by atoms with Crippen LogP contribution in [0.4, 0.5) is 4.39 Å². The van der Waals surface area contributed by atoms with E-state index in [1.165, 1.54) is 12.1 Å². The summed E-state index contributed by atoms with van der Waals surface area (Å²) < 4.78 is 24.1. The molecule has 3 heterocycles. The van der Waals surface area contributed by atoms with Crippen LogP contribution in [-0.2, 0) is 6.54 Å². The summed E-state index contributed by atoms with van der Waals surface area (Å²) in [5.41, 5.74) is 3.56. The number of carbonyl (C=O) groups is 1. The van der Waals surface area contributed by atoms with Crippen LogP contribution in [0.3, 0.4) is 0 Å². The Kier molecular flexibility index (Phi) is 4.66. The van der Waals surface area contributed by atoms with Gasteiger partial charge >= 0.3 is 0 Å². The molecule has 0 aliphatic carbocycles. The summed E-state index contributed by atoms with van der Waals surface area (Å²) in [5.74, 6) is 0.958. The summed E-state index contributed by atoms with van der Waals surface area (Å²) in [5, 5.41) is 4.57. The van der Waals surface area contributed by atoms with E-state index >= 15 is 0 Å². The number of hydrogen-bond acceptors (Lipinski definition) is 5. The molecule has 0 radical (unpaired) electrons. The number of aryl methyl sites for hydroxylation is 3. The SMILES string of the molecule is Cc1cc(-c2cc(C(=O)N(C)Cc3ccc(F)cc3)c3c(C)noc3n2)c(C)o1. The Balaban J connectivity index is 1.76. The van der Waals surface area contributed by atoms with Gasteiger partial charge in [0.2, 0.25) is 0 Å². The zero-order chi connectivity index (χ0) is 20.7. The van der Waals surface area contributed by atoms with Gasteiger partial charge in [-0.3, -0.25) is 4.79 Å². The maximum absolute atomic E-state index is 13.3. The maximum atomic E-state index is 13.3. The number of fused-ring (bicyclic) bond motifs is 1. The number of rotatable bonds is 4. The number of furan rings is 1. The lowest BCUT2D eigenvalue weighted by Crippen LogP contribution is -2.26. The second kappa shape index (κ2) is 7.16. The molecule has 29 heavy (non-hydrogen) atoms. The number of amides is 1. The second-order valence-electron chi connectivity index (χ2n) is 7.12. The summed E-state index contributed by atoms with van der Waals surface area (Å²) in [6.45, 7) is 5.82. The molecule has 148 valence electrons. The Labute approximate surface area is 166 Å². The van der Waals surface area contributed by atoms with E-state index in [4.69, 9.17) is 8.94 Å². The van der Waals surface area contributed by atoms with E-state index in [2.05, 4.69) is 10.1 Å². The van der Waals surface area contributed by atoms with Crippen molar-refractivity contribution in [3.8, 4) is 11.3 Å². The molecule has 6 nitrogen and oxygen atoms in total. The number of benzene rings is 1. The molecule has 1 aromatic carbocycles. The molecule has 1 amide bonds. The standard InChI is InChI=1S/C22H20FN3O3/c1-12-9-17(14(3)28-12)19-10-18(20-13(2)25-29-21(20)24-19)22(27)26(4)11-15-5-7-16(23)8-6-15/h5-10H,11H2,1-4H3. The van der Waals surface area contributed by atoms with Crippen LogP contribution in [0.15, 0.2) is 45.3 Å². The Morgan fingerprint density at radius 2 is 1.86 bits per heavy atom. The quantitative estimate of drug-likeness (QED) is 0.497. The van der Waals surface area contributed by atoms with Crippen LogP contribution in [0.2, 0.25) is 0 Å². The minimum Gasteiger partial charge on any atom is -0.466 e. The Bertz CT molecular complexity index is 1210. The number of carbonyl (C=O) groups excluding carboxylic acids is 1. The van der Waals surface area contributed by atoms with Crippen LogP contribution in [-0.4, -0.2) is 28.0 Å². The molecule has 0 aliphatic heterocycles. The first kappa shape index (κ1) is 18.9. The van der Waals surface area contributed by atoms with Gasteiger partial charge in [-0.25, -0.2) is 9.37 Å². The highest BCUT2D eigenvalue weighted by Crippen LogP contribution is 2.31. The van der Waals surface area contributed by atoms with Gasteiger partial charge in [-0.1, -0.05) is 17.3 Å². The third-order valence-corrected chi connectivity index (χ3v) is 4.84. The fourth-order valence-corrected chi connectivity index (χ4v) is 3.43. The summed E-state index contributed by atoms with van der Waals surface area (Å²) in [7, 11) is 1.70. The topological polar surface area (TPSA) is 72.4 Å². The first-order valence-corrected chi connectivity index (χ1v) is 9.18. The predicted molar refractivity (Wildman–Crippen MR) is 106 cm³/mol. The van der Waals surface area contributed by atoms with E-state index in [-0.39, 0.29) is 11.7 Å². The highest BCUT2D eigenvalue weighted by Gasteiger charge is 2.23. The summed E-state index contributed by atoms with van der Waals surface area (Å²) in [4.78, 5) is 19.4. The van der Waals surface area contributed by atoms with Crippen LogP contribution < -0.4 is 0 Å². The van der Waals surface area contributed by atoms with E-state index in [1.807, 2.05) is 19.9 Å². The zero-order valence-corrected chi connectivity index (χ0v) is 16.6. The molecule has 3 aromatic heterocycles. The number of aromatic nitrogens is 2. The molecule has 4 rings (SSSR count). The normalized spacial score (nSPS) is 11.2. The highest BCUT2D eigenvalue weighted by molar-refractivity contribution is 6.06. The Morgan fingerprint density at radius 3 is 2.52 bits per heavy atom. The zero-order valence-electron chi connectivity index (χ0n) is 16.6. The first-order valence-electron chi connectivity index (χ1n) is 9.18. The molecule has 0 saturated carbocycles. The van der Waals surface area contributed by atoms with Crippen molar-refractivity contribution < 1.29 is 18.1 Å². The maximum Gasteiger partial charge on any atom is 0.259 e.